The zero-order valence-electron chi connectivity index (χ0n) is 14.7. The van der Waals surface area contributed by atoms with Crippen molar-refractivity contribution in [2.45, 2.75) is 51.2 Å². The highest BCUT2D eigenvalue weighted by atomic mass is 16.5. The lowest BCUT2D eigenvalue weighted by Crippen LogP contribution is -2.23. The average Bonchev–Trinajstić information content (AvgIpc) is 3.23. The molecular formula is C19H25N3O3. The summed E-state index contributed by atoms with van der Waals surface area (Å²) in [5, 5.41) is 17.2. The molecular weight excluding hydrogens is 318 g/mol. The van der Waals surface area contributed by atoms with Crippen LogP contribution in [0.2, 0.25) is 0 Å². The van der Waals surface area contributed by atoms with Crippen molar-refractivity contribution in [2.75, 3.05) is 11.9 Å². The number of aromatic nitrogens is 2. The van der Waals surface area contributed by atoms with Crippen LogP contribution in [0.4, 0.5) is 5.82 Å². The van der Waals surface area contributed by atoms with Crippen LogP contribution in [0.25, 0.3) is 0 Å². The number of amides is 1. The molecule has 1 fully saturated rings. The van der Waals surface area contributed by atoms with Gasteiger partial charge in [-0.1, -0.05) is 25.0 Å². The van der Waals surface area contributed by atoms with E-state index in [4.69, 9.17) is 4.74 Å². The van der Waals surface area contributed by atoms with Crippen LogP contribution in [0.1, 0.15) is 51.1 Å². The summed E-state index contributed by atoms with van der Waals surface area (Å²) < 4.78 is 7.43. The predicted molar refractivity (Wildman–Crippen MR) is 95.5 cm³/mol. The summed E-state index contributed by atoms with van der Waals surface area (Å²) in [6, 6.07) is 9.28. The molecule has 2 aromatic rings. The number of hydrogen-bond acceptors (Lipinski definition) is 4. The van der Waals surface area contributed by atoms with Crippen molar-refractivity contribution in [3.63, 3.8) is 0 Å². The molecule has 1 aliphatic carbocycles. The molecule has 0 radical (unpaired) electrons. The van der Waals surface area contributed by atoms with Gasteiger partial charge in [-0.3, -0.25) is 4.79 Å². The second-order valence-electron chi connectivity index (χ2n) is 7.02. The quantitative estimate of drug-likeness (QED) is 0.844. The van der Waals surface area contributed by atoms with E-state index in [0.29, 0.717) is 11.8 Å². The van der Waals surface area contributed by atoms with Gasteiger partial charge in [0.15, 0.2) is 6.61 Å². The Bertz CT molecular complexity index is 710. The fourth-order valence-corrected chi connectivity index (χ4v) is 3.14. The topological polar surface area (TPSA) is 76.4 Å². The fourth-order valence-electron chi connectivity index (χ4n) is 3.14. The number of carbonyl (C=O) groups excluding carboxylic acids is 1. The van der Waals surface area contributed by atoms with Crippen LogP contribution in [0, 0.1) is 0 Å². The van der Waals surface area contributed by atoms with Gasteiger partial charge in [-0.15, -0.1) is 0 Å². The van der Waals surface area contributed by atoms with Gasteiger partial charge in [0.1, 0.15) is 11.6 Å². The third-order valence-corrected chi connectivity index (χ3v) is 4.54. The first-order valence-electron chi connectivity index (χ1n) is 8.72. The van der Waals surface area contributed by atoms with Gasteiger partial charge in [-0.2, -0.15) is 5.10 Å². The van der Waals surface area contributed by atoms with Gasteiger partial charge in [-0.25, -0.2) is 4.68 Å². The normalized spacial score (nSPS) is 15.3. The Hall–Kier alpha value is -2.34. The second kappa shape index (κ2) is 7.27. The Morgan fingerprint density at radius 2 is 1.96 bits per heavy atom. The largest absolute Gasteiger partial charge is 0.484 e. The smallest absolute Gasteiger partial charge is 0.263 e. The Morgan fingerprint density at radius 3 is 2.60 bits per heavy atom. The van der Waals surface area contributed by atoms with E-state index in [1.165, 1.54) is 12.8 Å². The first-order valence-corrected chi connectivity index (χ1v) is 8.72. The van der Waals surface area contributed by atoms with Gasteiger partial charge >= 0.3 is 0 Å². The van der Waals surface area contributed by atoms with Crippen LogP contribution in [0.5, 0.6) is 5.75 Å². The predicted octanol–water partition coefficient (Wildman–Crippen LogP) is 3.24. The molecule has 1 aliphatic rings. The Kier molecular flexibility index (Phi) is 5.08. The second-order valence-corrected chi connectivity index (χ2v) is 7.02. The molecule has 3 rings (SSSR count). The van der Waals surface area contributed by atoms with E-state index in [-0.39, 0.29) is 12.5 Å². The number of benzene rings is 1. The van der Waals surface area contributed by atoms with E-state index in [9.17, 15) is 9.90 Å². The fraction of sp³-hybridized carbons (Fsp3) is 0.474. The summed E-state index contributed by atoms with van der Waals surface area (Å²) in [4.78, 5) is 12.2. The lowest BCUT2D eigenvalue weighted by atomic mass is 9.99. The Labute approximate surface area is 147 Å². The highest BCUT2D eigenvalue weighted by molar-refractivity contribution is 5.91. The molecule has 1 amide bonds. The van der Waals surface area contributed by atoms with E-state index in [2.05, 4.69) is 10.4 Å². The molecule has 0 unspecified atom stereocenters. The Balaban J connectivity index is 1.54. The van der Waals surface area contributed by atoms with Crippen molar-refractivity contribution in [1.29, 1.82) is 0 Å². The zero-order valence-corrected chi connectivity index (χ0v) is 14.7. The molecule has 134 valence electrons. The van der Waals surface area contributed by atoms with Gasteiger partial charge < -0.3 is 15.2 Å². The number of ether oxygens (including phenoxy) is 1. The first kappa shape index (κ1) is 17.5. The summed E-state index contributed by atoms with van der Waals surface area (Å²) in [5.74, 6) is 1.09. The van der Waals surface area contributed by atoms with E-state index >= 15 is 0 Å². The minimum absolute atomic E-state index is 0.0717. The van der Waals surface area contributed by atoms with Crippen molar-refractivity contribution >= 4 is 11.7 Å². The van der Waals surface area contributed by atoms with Crippen LogP contribution in [0.3, 0.4) is 0 Å². The molecule has 0 saturated heterocycles. The van der Waals surface area contributed by atoms with Gasteiger partial charge in [0, 0.05) is 6.07 Å². The van der Waals surface area contributed by atoms with Crippen molar-refractivity contribution in [3.8, 4) is 5.75 Å². The molecule has 0 aliphatic heterocycles. The highest BCUT2D eigenvalue weighted by Crippen LogP contribution is 2.31. The maximum Gasteiger partial charge on any atom is 0.263 e. The zero-order chi connectivity index (χ0) is 17.9. The van der Waals surface area contributed by atoms with E-state index in [1.54, 1.807) is 44.3 Å². The van der Waals surface area contributed by atoms with Crippen LogP contribution < -0.4 is 10.1 Å². The average molecular weight is 343 g/mol. The number of aliphatic hydroxyl groups is 1. The van der Waals surface area contributed by atoms with Crippen LogP contribution in [-0.2, 0) is 10.4 Å². The molecule has 0 spiro atoms. The highest BCUT2D eigenvalue weighted by Gasteiger charge is 2.20. The minimum Gasteiger partial charge on any atom is -0.484 e. The molecule has 1 aromatic heterocycles. The van der Waals surface area contributed by atoms with Crippen LogP contribution in [0.15, 0.2) is 36.5 Å². The van der Waals surface area contributed by atoms with Gasteiger partial charge in [0.05, 0.1) is 17.8 Å². The SMILES string of the molecule is CC(C)(O)c1ccc(OCC(=O)Nc2ccnn2C2CCCC2)cc1. The summed E-state index contributed by atoms with van der Waals surface area (Å²) in [7, 11) is 0. The standard InChI is InChI=1S/C19H25N3O3/c1-19(2,24)14-7-9-16(10-8-14)25-13-18(23)21-17-11-12-20-22(17)15-5-3-4-6-15/h7-12,15,24H,3-6,13H2,1-2H3,(H,21,23). The van der Waals surface area contributed by atoms with Crippen molar-refractivity contribution in [2.24, 2.45) is 0 Å². The van der Waals surface area contributed by atoms with Crippen LogP contribution >= 0.6 is 0 Å². The summed E-state index contributed by atoms with van der Waals surface area (Å²) in [6.07, 6.45) is 6.34. The lowest BCUT2D eigenvalue weighted by molar-refractivity contribution is -0.118. The number of nitrogens with zero attached hydrogens (tertiary/aromatic N) is 2. The summed E-state index contributed by atoms with van der Waals surface area (Å²) in [6.45, 7) is 3.38. The van der Waals surface area contributed by atoms with Crippen LogP contribution in [-0.4, -0.2) is 27.4 Å². The van der Waals surface area contributed by atoms with Gasteiger partial charge in [-0.05, 0) is 44.4 Å². The summed E-state index contributed by atoms with van der Waals surface area (Å²) >= 11 is 0. The van der Waals surface area contributed by atoms with Gasteiger partial charge in [0.25, 0.3) is 5.91 Å². The third-order valence-electron chi connectivity index (χ3n) is 4.54. The maximum atomic E-state index is 12.2. The van der Waals surface area contributed by atoms with E-state index in [1.807, 2.05) is 10.7 Å². The monoisotopic (exact) mass is 343 g/mol. The molecule has 0 bridgehead atoms. The third kappa shape index (κ3) is 4.39. The molecule has 2 N–H and O–H groups in total. The van der Waals surface area contributed by atoms with Crippen molar-refractivity contribution in [1.82, 2.24) is 9.78 Å². The molecule has 6 nitrogen and oxygen atoms in total. The number of hydrogen-bond donors (Lipinski definition) is 2. The summed E-state index contributed by atoms with van der Waals surface area (Å²) in [5.41, 5.74) is -0.0982. The number of carbonyl (C=O) groups is 1. The molecule has 6 heteroatoms. The molecule has 25 heavy (non-hydrogen) atoms. The molecule has 1 saturated carbocycles. The van der Waals surface area contributed by atoms with Crippen molar-refractivity contribution in [3.05, 3.63) is 42.1 Å². The molecule has 1 heterocycles. The Morgan fingerprint density at radius 1 is 1.28 bits per heavy atom. The number of anilines is 1. The van der Waals surface area contributed by atoms with Crippen molar-refractivity contribution < 1.29 is 14.6 Å². The minimum atomic E-state index is -0.894. The number of rotatable bonds is 6. The molecule has 0 atom stereocenters. The molecule has 1 aromatic carbocycles. The first-order chi connectivity index (χ1) is 11.9. The van der Waals surface area contributed by atoms with E-state index in [0.717, 1.165) is 24.2 Å². The lowest BCUT2D eigenvalue weighted by Gasteiger charge is -2.18. The maximum absolute atomic E-state index is 12.2. The van der Waals surface area contributed by atoms with Gasteiger partial charge in [0.2, 0.25) is 0 Å². The number of nitrogens with one attached hydrogen (secondary N) is 1. The van der Waals surface area contributed by atoms with E-state index < -0.39 is 5.60 Å².